The van der Waals surface area contributed by atoms with E-state index in [4.69, 9.17) is 0 Å². The lowest BCUT2D eigenvalue weighted by Crippen LogP contribution is -2.45. The molecule has 0 bridgehead atoms. The molecule has 0 atom stereocenters. The first-order valence-electron chi connectivity index (χ1n) is 10.5. The van der Waals surface area contributed by atoms with Crippen LogP contribution in [0.5, 0.6) is 0 Å². The van der Waals surface area contributed by atoms with Crippen LogP contribution in [0.1, 0.15) is 34.5 Å². The third-order valence-corrected chi connectivity index (χ3v) is 5.35. The van der Waals surface area contributed by atoms with Gasteiger partial charge in [0.1, 0.15) is 11.6 Å². The zero-order valence-electron chi connectivity index (χ0n) is 17.7. The van der Waals surface area contributed by atoms with Gasteiger partial charge in [-0.1, -0.05) is 17.7 Å². The third kappa shape index (κ3) is 5.36. The third-order valence-electron chi connectivity index (χ3n) is 5.35. The van der Waals surface area contributed by atoms with Crippen molar-refractivity contribution < 1.29 is 9.18 Å². The molecule has 1 aliphatic heterocycles. The highest BCUT2D eigenvalue weighted by Crippen LogP contribution is 2.22. The van der Waals surface area contributed by atoms with Crippen molar-refractivity contribution in [2.45, 2.75) is 32.7 Å². The maximum Gasteiger partial charge on any atom is 0.251 e. The summed E-state index contributed by atoms with van der Waals surface area (Å²) in [4.78, 5) is 23.9. The fourth-order valence-corrected chi connectivity index (χ4v) is 3.72. The van der Waals surface area contributed by atoms with Crippen LogP contribution in [0, 0.1) is 19.7 Å². The average molecular weight is 420 g/mol. The molecular weight excluding hydrogens is 393 g/mol. The number of aryl methyl sites for hydroxylation is 2. The van der Waals surface area contributed by atoms with Gasteiger partial charge in [-0.2, -0.15) is 4.98 Å². The van der Waals surface area contributed by atoms with Crippen LogP contribution in [-0.4, -0.2) is 35.0 Å². The van der Waals surface area contributed by atoms with Crippen LogP contribution in [0.25, 0.3) is 0 Å². The Morgan fingerprint density at radius 2 is 1.77 bits per heavy atom. The van der Waals surface area contributed by atoms with Crippen molar-refractivity contribution in [3.8, 4) is 0 Å². The number of benzene rings is 2. The van der Waals surface area contributed by atoms with Crippen LogP contribution in [0.3, 0.4) is 0 Å². The van der Waals surface area contributed by atoms with E-state index in [1.54, 1.807) is 12.1 Å². The smallest absolute Gasteiger partial charge is 0.251 e. The second-order valence-electron chi connectivity index (χ2n) is 7.93. The van der Waals surface area contributed by atoms with E-state index >= 15 is 0 Å². The Morgan fingerprint density at radius 1 is 1.03 bits per heavy atom. The monoisotopic (exact) mass is 419 g/mol. The molecule has 160 valence electrons. The molecule has 1 amide bonds. The summed E-state index contributed by atoms with van der Waals surface area (Å²) in [6.45, 7) is 5.43. The number of amides is 1. The Labute approximate surface area is 181 Å². The number of anilines is 3. The number of piperidine rings is 1. The highest BCUT2D eigenvalue weighted by Gasteiger charge is 2.23. The highest BCUT2D eigenvalue weighted by atomic mass is 19.1. The van der Waals surface area contributed by atoms with Gasteiger partial charge in [0, 0.05) is 42.1 Å². The number of hydrogen-bond acceptors (Lipinski definition) is 5. The maximum atomic E-state index is 13.1. The van der Waals surface area contributed by atoms with Crippen LogP contribution in [0.2, 0.25) is 0 Å². The number of aromatic nitrogens is 2. The lowest BCUT2D eigenvalue weighted by Gasteiger charge is -2.32. The van der Waals surface area contributed by atoms with E-state index in [0.717, 1.165) is 42.9 Å². The second-order valence-corrected chi connectivity index (χ2v) is 7.93. The molecule has 3 aromatic rings. The summed E-state index contributed by atoms with van der Waals surface area (Å²) in [6.07, 6.45) is 1.66. The van der Waals surface area contributed by atoms with Crippen molar-refractivity contribution in [3.63, 3.8) is 0 Å². The normalized spacial score (nSPS) is 14.4. The van der Waals surface area contributed by atoms with Crippen molar-refractivity contribution in [1.82, 2.24) is 15.3 Å². The summed E-state index contributed by atoms with van der Waals surface area (Å²) in [7, 11) is 0. The first-order valence-corrected chi connectivity index (χ1v) is 10.5. The van der Waals surface area contributed by atoms with Crippen molar-refractivity contribution in [3.05, 3.63) is 77.2 Å². The van der Waals surface area contributed by atoms with E-state index < -0.39 is 0 Å². The van der Waals surface area contributed by atoms with Gasteiger partial charge in [0.25, 0.3) is 5.91 Å². The fourth-order valence-electron chi connectivity index (χ4n) is 3.72. The highest BCUT2D eigenvalue weighted by molar-refractivity contribution is 5.94. The molecule has 0 unspecified atom stereocenters. The van der Waals surface area contributed by atoms with Gasteiger partial charge in [0.2, 0.25) is 5.95 Å². The first-order chi connectivity index (χ1) is 15.0. The van der Waals surface area contributed by atoms with E-state index in [2.05, 4.69) is 25.5 Å². The van der Waals surface area contributed by atoms with Gasteiger partial charge < -0.3 is 15.5 Å². The Hall–Kier alpha value is -3.48. The standard InChI is InChI=1S/C24H26FN5O/c1-16-4-3-5-18(14-16)23(31)28-21-10-12-30(13-11-21)24-26-17(2)15-22(29-24)27-20-8-6-19(25)7-9-20/h3-9,14-15,21H,10-13H2,1-2H3,(H,28,31)(H,26,27,29). The van der Waals surface area contributed by atoms with E-state index in [9.17, 15) is 9.18 Å². The Bertz CT molecular complexity index is 1060. The molecular formula is C24H26FN5O. The molecule has 0 aliphatic carbocycles. The molecule has 6 nitrogen and oxygen atoms in total. The van der Waals surface area contributed by atoms with E-state index in [-0.39, 0.29) is 17.8 Å². The summed E-state index contributed by atoms with van der Waals surface area (Å²) < 4.78 is 13.1. The summed E-state index contributed by atoms with van der Waals surface area (Å²) in [5, 5.41) is 6.35. The Kier molecular flexibility index (Phi) is 6.11. The van der Waals surface area contributed by atoms with Crippen LogP contribution < -0.4 is 15.5 Å². The Morgan fingerprint density at radius 3 is 2.48 bits per heavy atom. The summed E-state index contributed by atoms with van der Waals surface area (Å²) in [5.74, 6) is 1.03. The van der Waals surface area contributed by atoms with Gasteiger partial charge in [-0.3, -0.25) is 4.79 Å². The molecule has 1 fully saturated rings. The minimum Gasteiger partial charge on any atom is -0.349 e. The summed E-state index contributed by atoms with van der Waals surface area (Å²) in [6, 6.07) is 15.8. The first kappa shape index (κ1) is 20.8. The predicted molar refractivity (Wildman–Crippen MR) is 120 cm³/mol. The van der Waals surface area contributed by atoms with Crippen molar-refractivity contribution in [1.29, 1.82) is 0 Å². The van der Waals surface area contributed by atoms with Crippen molar-refractivity contribution >= 4 is 23.4 Å². The molecule has 0 saturated carbocycles. The number of carbonyl (C=O) groups is 1. The molecule has 2 N–H and O–H groups in total. The lowest BCUT2D eigenvalue weighted by atomic mass is 10.0. The predicted octanol–water partition coefficient (Wildman–Crippen LogP) is 4.37. The van der Waals surface area contributed by atoms with Gasteiger partial charge in [-0.25, -0.2) is 9.37 Å². The van der Waals surface area contributed by atoms with Gasteiger partial charge in [-0.15, -0.1) is 0 Å². The largest absolute Gasteiger partial charge is 0.349 e. The summed E-state index contributed by atoms with van der Waals surface area (Å²) >= 11 is 0. The topological polar surface area (TPSA) is 70.2 Å². The van der Waals surface area contributed by atoms with Crippen molar-refractivity contribution in [2.24, 2.45) is 0 Å². The molecule has 7 heteroatoms. The number of nitrogens with one attached hydrogen (secondary N) is 2. The number of rotatable bonds is 5. The van der Waals surface area contributed by atoms with Gasteiger partial charge in [-0.05, 0) is 63.1 Å². The molecule has 2 heterocycles. The van der Waals surface area contributed by atoms with Gasteiger partial charge in [0.05, 0.1) is 0 Å². The molecule has 1 aromatic heterocycles. The number of carbonyl (C=O) groups excluding carboxylic acids is 1. The molecule has 4 rings (SSSR count). The van der Waals surface area contributed by atoms with Crippen molar-refractivity contribution in [2.75, 3.05) is 23.3 Å². The van der Waals surface area contributed by atoms with Crippen LogP contribution in [0.4, 0.5) is 21.8 Å². The number of nitrogens with zero attached hydrogens (tertiary/aromatic N) is 3. The average Bonchev–Trinajstić information content (AvgIpc) is 2.75. The second kappa shape index (κ2) is 9.12. The minimum atomic E-state index is -0.275. The van der Waals surface area contributed by atoms with Crippen LogP contribution >= 0.6 is 0 Å². The van der Waals surface area contributed by atoms with E-state index in [1.165, 1.54) is 12.1 Å². The van der Waals surface area contributed by atoms with Crippen LogP contribution in [-0.2, 0) is 0 Å². The van der Waals surface area contributed by atoms with E-state index in [1.807, 2.05) is 44.2 Å². The number of hydrogen-bond donors (Lipinski definition) is 2. The molecule has 2 aromatic carbocycles. The van der Waals surface area contributed by atoms with Gasteiger partial charge >= 0.3 is 0 Å². The lowest BCUT2D eigenvalue weighted by molar-refractivity contribution is 0.0931. The number of halogens is 1. The quantitative estimate of drug-likeness (QED) is 0.643. The molecule has 31 heavy (non-hydrogen) atoms. The minimum absolute atomic E-state index is 0.0280. The SMILES string of the molecule is Cc1cccc(C(=O)NC2CCN(c3nc(C)cc(Nc4ccc(F)cc4)n3)CC2)c1. The molecule has 0 spiro atoms. The molecule has 0 radical (unpaired) electrons. The zero-order valence-corrected chi connectivity index (χ0v) is 17.7. The fraction of sp³-hybridized carbons (Fsp3) is 0.292. The summed E-state index contributed by atoms with van der Waals surface area (Å²) in [5.41, 5.74) is 3.39. The van der Waals surface area contributed by atoms with Gasteiger partial charge in [0.15, 0.2) is 0 Å². The molecule has 1 saturated heterocycles. The maximum absolute atomic E-state index is 13.1. The Balaban J connectivity index is 1.37. The van der Waals surface area contributed by atoms with Crippen LogP contribution in [0.15, 0.2) is 54.6 Å². The molecule has 1 aliphatic rings. The zero-order chi connectivity index (χ0) is 21.8. The van der Waals surface area contributed by atoms with E-state index in [0.29, 0.717) is 17.3 Å².